The third-order valence-electron chi connectivity index (χ3n) is 3.14. The van der Waals surface area contributed by atoms with Crippen LogP contribution in [-0.2, 0) is 6.42 Å². The van der Waals surface area contributed by atoms with Gasteiger partial charge in [-0.05, 0) is 36.6 Å². The van der Waals surface area contributed by atoms with Gasteiger partial charge in [-0.2, -0.15) is 5.10 Å². The molecule has 3 rings (SSSR count). The van der Waals surface area contributed by atoms with Crippen molar-refractivity contribution in [2.45, 2.75) is 24.9 Å². The highest BCUT2D eigenvalue weighted by Gasteiger charge is 2.39. The van der Waals surface area contributed by atoms with Crippen molar-refractivity contribution < 1.29 is 5.11 Å². The number of aromatic nitrogens is 2. The van der Waals surface area contributed by atoms with Gasteiger partial charge in [0.05, 0.1) is 17.5 Å². The van der Waals surface area contributed by atoms with Crippen molar-refractivity contribution in [1.29, 1.82) is 0 Å². The van der Waals surface area contributed by atoms with Crippen molar-refractivity contribution >= 4 is 11.6 Å². The highest BCUT2D eigenvalue weighted by atomic mass is 35.5. The van der Waals surface area contributed by atoms with E-state index in [2.05, 4.69) is 5.10 Å². The van der Waals surface area contributed by atoms with Crippen LogP contribution < -0.4 is 0 Å². The number of hydrogen-bond donors (Lipinski definition) is 1. The number of halogens is 1. The molecule has 1 aliphatic carbocycles. The molecule has 0 saturated heterocycles. The molecule has 1 aromatic carbocycles. The maximum absolute atomic E-state index is 9.84. The molecule has 0 aliphatic heterocycles. The Morgan fingerprint density at radius 2 is 1.94 bits per heavy atom. The average molecular weight is 249 g/mol. The first-order valence-corrected chi connectivity index (χ1v) is 6.05. The van der Waals surface area contributed by atoms with Gasteiger partial charge in [-0.1, -0.05) is 23.7 Å². The molecular formula is C13H13ClN2O. The molecule has 0 atom stereocenters. The maximum Gasteiger partial charge on any atom is 0.132 e. The summed E-state index contributed by atoms with van der Waals surface area (Å²) in [6.07, 6.45) is 4.24. The lowest BCUT2D eigenvalue weighted by Crippen LogP contribution is -2.10. The summed E-state index contributed by atoms with van der Waals surface area (Å²) in [6, 6.07) is 9.73. The Bertz CT molecular complexity index is 529. The van der Waals surface area contributed by atoms with Gasteiger partial charge < -0.3 is 5.11 Å². The Morgan fingerprint density at radius 3 is 2.47 bits per heavy atom. The number of hydrogen-bond acceptors (Lipinski definition) is 2. The molecular weight excluding hydrogens is 236 g/mol. The summed E-state index contributed by atoms with van der Waals surface area (Å²) in [5, 5.41) is 14.6. The molecule has 0 spiro atoms. The first kappa shape index (κ1) is 10.8. The van der Waals surface area contributed by atoms with Crippen molar-refractivity contribution in [2.24, 2.45) is 0 Å². The summed E-state index contributed by atoms with van der Waals surface area (Å²) in [5.74, 6) is 0. The summed E-state index contributed by atoms with van der Waals surface area (Å²) < 4.78 is 1.68. The van der Waals surface area contributed by atoms with Crippen molar-refractivity contribution in [1.82, 2.24) is 9.78 Å². The van der Waals surface area contributed by atoms with Crippen LogP contribution in [0.5, 0.6) is 0 Å². The van der Waals surface area contributed by atoms with E-state index in [0.29, 0.717) is 5.15 Å². The normalized spacial score (nSPS) is 17.1. The van der Waals surface area contributed by atoms with E-state index in [0.717, 1.165) is 30.5 Å². The molecule has 1 N–H and O–H groups in total. The quantitative estimate of drug-likeness (QED) is 0.907. The molecule has 4 heteroatoms. The molecule has 0 amide bonds. The molecule has 88 valence electrons. The van der Waals surface area contributed by atoms with Gasteiger partial charge in [-0.3, -0.25) is 0 Å². The lowest BCUT2D eigenvalue weighted by atomic mass is 10.1. The van der Waals surface area contributed by atoms with Gasteiger partial charge in [0.1, 0.15) is 5.15 Å². The largest absolute Gasteiger partial charge is 0.390 e. The van der Waals surface area contributed by atoms with Crippen LogP contribution >= 0.6 is 11.6 Å². The summed E-state index contributed by atoms with van der Waals surface area (Å²) in [5.41, 5.74) is 1.65. The molecule has 2 aromatic rings. The van der Waals surface area contributed by atoms with E-state index >= 15 is 0 Å². The van der Waals surface area contributed by atoms with E-state index in [9.17, 15) is 5.11 Å². The van der Waals surface area contributed by atoms with Crippen molar-refractivity contribution in [3.63, 3.8) is 0 Å². The van der Waals surface area contributed by atoms with E-state index in [-0.39, 0.29) is 0 Å². The number of nitrogens with zero attached hydrogens (tertiary/aromatic N) is 2. The molecule has 1 heterocycles. The van der Waals surface area contributed by atoms with Gasteiger partial charge >= 0.3 is 0 Å². The Hall–Kier alpha value is -1.32. The van der Waals surface area contributed by atoms with E-state index in [1.54, 1.807) is 16.9 Å². The molecule has 0 bridgehead atoms. The predicted molar refractivity (Wildman–Crippen MR) is 66.5 cm³/mol. The second kappa shape index (κ2) is 3.86. The highest BCUT2D eigenvalue weighted by Crippen LogP contribution is 2.38. The first-order chi connectivity index (χ1) is 8.16. The first-order valence-electron chi connectivity index (χ1n) is 5.68. The van der Waals surface area contributed by atoms with Crippen LogP contribution in [-0.4, -0.2) is 20.5 Å². The van der Waals surface area contributed by atoms with Gasteiger partial charge in [0.2, 0.25) is 0 Å². The second-order valence-corrected chi connectivity index (χ2v) is 5.02. The summed E-state index contributed by atoms with van der Waals surface area (Å²) in [6.45, 7) is 0. The molecule has 0 unspecified atom stereocenters. The SMILES string of the molecule is OC1(Cc2ccc(-n3nccc3Cl)cc2)CC1. The van der Waals surface area contributed by atoms with Crippen molar-refractivity contribution in [2.75, 3.05) is 0 Å². The zero-order valence-corrected chi connectivity index (χ0v) is 10.1. The Balaban J connectivity index is 1.83. The van der Waals surface area contributed by atoms with Crippen molar-refractivity contribution in [3.05, 3.63) is 47.2 Å². The predicted octanol–water partition coefficient (Wildman–Crippen LogP) is 2.59. The summed E-state index contributed by atoms with van der Waals surface area (Å²) in [4.78, 5) is 0. The lowest BCUT2D eigenvalue weighted by molar-refractivity contribution is 0.151. The van der Waals surface area contributed by atoms with Gasteiger partial charge in [0.25, 0.3) is 0 Å². The topological polar surface area (TPSA) is 38.0 Å². The molecule has 1 aromatic heterocycles. The minimum absolute atomic E-state index is 0.440. The van der Waals surface area contributed by atoms with Crippen LogP contribution in [0.2, 0.25) is 5.15 Å². The van der Waals surface area contributed by atoms with Crippen LogP contribution in [0.25, 0.3) is 5.69 Å². The fourth-order valence-electron chi connectivity index (χ4n) is 1.93. The zero-order chi connectivity index (χ0) is 11.9. The minimum atomic E-state index is -0.440. The number of benzene rings is 1. The Morgan fingerprint density at radius 1 is 1.24 bits per heavy atom. The summed E-state index contributed by atoms with van der Waals surface area (Å²) >= 11 is 5.99. The minimum Gasteiger partial charge on any atom is -0.390 e. The van der Waals surface area contributed by atoms with Gasteiger partial charge in [0.15, 0.2) is 0 Å². The second-order valence-electron chi connectivity index (χ2n) is 4.63. The Labute approximate surface area is 105 Å². The van der Waals surface area contributed by atoms with Gasteiger partial charge in [-0.15, -0.1) is 0 Å². The molecule has 3 nitrogen and oxygen atoms in total. The third-order valence-corrected chi connectivity index (χ3v) is 3.42. The van der Waals surface area contributed by atoms with Crippen LogP contribution in [0.4, 0.5) is 0 Å². The molecule has 17 heavy (non-hydrogen) atoms. The molecule has 1 saturated carbocycles. The fourth-order valence-corrected chi connectivity index (χ4v) is 2.13. The van der Waals surface area contributed by atoms with Gasteiger partial charge in [0, 0.05) is 6.42 Å². The molecule has 1 aliphatic rings. The summed E-state index contributed by atoms with van der Waals surface area (Å²) in [7, 11) is 0. The van der Waals surface area contributed by atoms with Crippen LogP contribution in [0, 0.1) is 0 Å². The van der Waals surface area contributed by atoms with Gasteiger partial charge in [-0.25, -0.2) is 4.68 Å². The lowest BCUT2D eigenvalue weighted by Gasteiger charge is -2.08. The number of rotatable bonds is 3. The highest BCUT2D eigenvalue weighted by molar-refractivity contribution is 6.29. The van der Waals surface area contributed by atoms with E-state index in [4.69, 9.17) is 11.6 Å². The number of aliphatic hydroxyl groups is 1. The molecule has 0 radical (unpaired) electrons. The molecule has 1 fully saturated rings. The smallest absolute Gasteiger partial charge is 0.132 e. The van der Waals surface area contributed by atoms with E-state index in [1.807, 2.05) is 24.3 Å². The van der Waals surface area contributed by atoms with Crippen molar-refractivity contribution in [3.8, 4) is 5.69 Å². The van der Waals surface area contributed by atoms with E-state index < -0.39 is 5.60 Å². The average Bonchev–Trinajstić information content (AvgIpc) is 2.87. The zero-order valence-electron chi connectivity index (χ0n) is 9.31. The third kappa shape index (κ3) is 2.21. The maximum atomic E-state index is 9.84. The fraction of sp³-hybridized carbons (Fsp3) is 0.308. The van der Waals surface area contributed by atoms with Crippen LogP contribution in [0.15, 0.2) is 36.5 Å². The Kier molecular flexibility index (Phi) is 2.45. The standard InChI is InChI=1S/C13H13ClN2O/c14-12-5-8-15-16(12)11-3-1-10(2-4-11)9-13(17)6-7-13/h1-5,8,17H,6-7,9H2. The van der Waals surface area contributed by atoms with Crippen LogP contribution in [0.1, 0.15) is 18.4 Å². The monoisotopic (exact) mass is 248 g/mol. The van der Waals surface area contributed by atoms with E-state index in [1.165, 1.54) is 0 Å². The van der Waals surface area contributed by atoms with Crippen LogP contribution in [0.3, 0.4) is 0 Å².